The van der Waals surface area contributed by atoms with Gasteiger partial charge in [0.15, 0.2) is 0 Å². The topological polar surface area (TPSA) is 13.1 Å². The maximum absolute atomic E-state index is 5.21. The van der Waals surface area contributed by atoms with Crippen LogP contribution in [0.3, 0.4) is 0 Å². The average Bonchev–Trinajstić information content (AvgIpc) is 3.05. The van der Waals surface area contributed by atoms with Crippen molar-refractivity contribution in [3.05, 3.63) is 72.2 Å². The molecule has 0 saturated carbocycles. The zero-order valence-corrected chi connectivity index (χ0v) is 9.89. The highest BCUT2D eigenvalue weighted by molar-refractivity contribution is 5.84. The molecule has 0 atom stereocenters. The first-order valence-corrected chi connectivity index (χ1v) is 6.16. The SMILES string of the molecule is c1ccc2c(c1)Cc1c(-c3ccoc3)cccc1-2. The molecular formula is C17H12O. The van der Waals surface area contributed by atoms with Crippen molar-refractivity contribution in [1.29, 1.82) is 0 Å². The summed E-state index contributed by atoms with van der Waals surface area (Å²) in [5, 5.41) is 0. The van der Waals surface area contributed by atoms with Gasteiger partial charge in [-0.2, -0.15) is 0 Å². The Hall–Kier alpha value is -2.28. The van der Waals surface area contributed by atoms with Crippen LogP contribution in [-0.2, 0) is 6.42 Å². The molecule has 0 amide bonds. The second-order valence-electron chi connectivity index (χ2n) is 4.68. The zero-order chi connectivity index (χ0) is 11.9. The summed E-state index contributed by atoms with van der Waals surface area (Å²) in [5.41, 5.74) is 8.03. The van der Waals surface area contributed by atoms with Crippen molar-refractivity contribution in [3.63, 3.8) is 0 Å². The Kier molecular flexibility index (Phi) is 1.95. The number of rotatable bonds is 1. The van der Waals surface area contributed by atoms with Crippen molar-refractivity contribution in [2.45, 2.75) is 6.42 Å². The predicted octanol–water partition coefficient (Wildman–Crippen LogP) is 4.52. The highest BCUT2D eigenvalue weighted by atomic mass is 16.3. The van der Waals surface area contributed by atoms with Crippen LogP contribution in [0, 0.1) is 0 Å². The quantitative estimate of drug-likeness (QED) is 0.470. The van der Waals surface area contributed by atoms with Gasteiger partial charge in [0.05, 0.1) is 12.5 Å². The van der Waals surface area contributed by atoms with Crippen molar-refractivity contribution in [1.82, 2.24) is 0 Å². The van der Waals surface area contributed by atoms with Gasteiger partial charge in [-0.3, -0.25) is 0 Å². The lowest BCUT2D eigenvalue weighted by Gasteiger charge is -2.06. The van der Waals surface area contributed by atoms with Crippen molar-refractivity contribution in [3.8, 4) is 22.3 Å². The summed E-state index contributed by atoms with van der Waals surface area (Å²) in [4.78, 5) is 0. The molecule has 1 aliphatic carbocycles. The molecule has 0 bridgehead atoms. The van der Waals surface area contributed by atoms with Crippen LogP contribution in [0.5, 0.6) is 0 Å². The molecular weight excluding hydrogens is 220 g/mol. The first kappa shape index (κ1) is 9.72. The van der Waals surface area contributed by atoms with E-state index >= 15 is 0 Å². The van der Waals surface area contributed by atoms with E-state index in [2.05, 4.69) is 42.5 Å². The number of hydrogen-bond acceptors (Lipinski definition) is 1. The average molecular weight is 232 g/mol. The van der Waals surface area contributed by atoms with E-state index in [1.54, 1.807) is 6.26 Å². The molecule has 0 radical (unpaired) electrons. The molecule has 1 heterocycles. The van der Waals surface area contributed by atoms with Gasteiger partial charge in [0.1, 0.15) is 0 Å². The molecule has 1 nitrogen and oxygen atoms in total. The maximum atomic E-state index is 5.21. The van der Waals surface area contributed by atoms with Gasteiger partial charge in [-0.25, -0.2) is 0 Å². The van der Waals surface area contributed by atoms with Gasteiger partial charge < -0.3 is 4.42 Å². The van der Waals surface area contributed by atoms with Crippen molar-refractivity contribution in [2.24, 2.45) is 0 Å². The normalized spacial score (nSPS) is 12.2. The second-order valence-corrected chi connectivity index (χ2v) is 4.68. The fourth-order valence-electron chi connectivity index (χ4n) is 2.85. The van der Waals surface area contributed by atoms with Crippen LogP contribution in [0.2, 0.25) is 0 Å². The summed E-state index contributed by atoms with van der Waals surface area (Å²) >= 11 is 0. The van der Waals surface area contributed by atoms with Crippen LogP contribution in [0.25, 0.3) is 22.3 Å². The van der Waals surface area contributed by atoms with Gasteiger partial charge in [-0.15, -0.1) is 0 Å². The fourth-order valence-corrected chi connectivity index (χ4v) is 2.85. The third-order valence-corrected chi connectivity index (χ3v) is 3.68. The van der Waals surface area contributed by atoms with Crippen LogP contribution >= 0.6 is 0 Å². The molecule has 0 spiro atoms. The minimum atomic E-state index is 1.02. The zero-order valence-electron chi connectivity index (χ0n) is 9.89. The first-order chi connectivity index (χ1) is 8.93. The van der Waals surface area contributed by atoms with Gasteiger partial charge in [0, 0.05) is 5.56 Å². The highest BCUT2D eigenvalue weighted by Gasteiger charge is 2.20. The van der Waals surface area contributed by atoms with Crippen LogP contribution in [-0.4, -0.2) is 0 Å². The van der Waals surface area contributed by atoms with E-state index in [4.69, 9.17) is 4.42 Å². The van der Waals surface area contributed by atoms with Crippen LogP contribution in [0.1, 0.15) is 11.1 Å². The molecule has 18 heavy (non-hydrogen) atoms. The van der Waals surface area contributed by atoms with Crippen molar-refractivity contribution < 1.29 is 4.42 Å². The number of hydrogen-bond donors (Lipinski definition) is 0. The van der Waals surface area contributed by atoms with Gasteiger partial charge in [-0.05, 0) is 40.3 Å². The Morgan fingerprint density at radius 2 is 1.61 bits per heavy atom. The lowest BCUT2D eigenvalue weighted by molar-refractivity contribution is 0.568. The van der Waals surface area contributed by atoms with E-state index < -0.39 is 0 Å². The molecule has 1 heteroatoms. The minimum absolute atomic E-state index is 1.02. The first-order valence-electron chi connectivity index (χ1n) is 6.16. The van der Waals surface area contributed by atoms with Crippen LogP contribution in [0.4, 0.5) is 0 Å². The Bertz CT molecular complexity index is 708. The molecule has 0 N–H and O–H groups in total. The number of furan rings is 1. The predicted molar refractivity (Wildman–Crippen MR) is 72.4 cm³/mol. The van der Waals surface area contributed by atoms with Crippen molar-refractivity contribution >= 4 is 0 Å². The monoisotopic (exact) mass is 232 g/mol. The fraction of sp³-hybridized carbons (Fsp3) is 0.0588. The van der Waals surface area contributed by atoms with Crippen molar-refractivity contribution in [2.75, 3.05) is 0 Å². The molecule has 86 valence electrons. The highest BCUT2D eigenvalue weighted by Crippen LogP contribution is 2.41. The second kappa shape index (κ2) is 3.61. The largest absolute Gasteiger partial charge is 0.472 e. The molecule has 3 aromatic rings. The van der Waals surface area contributed by atoms with E-state index in [0.29, 0.717) is 0 Å². The Morgan fingerprint density at radius 3 is 2.50 bits per heavy atom. The van der Waals surface area contributed by atoms with E-state index in [-0.39, 0.29) is 0 Å². The molecule has 2 aromatic carbocycles. The summed E-state index contributed by atoms with van der Waals surface area (Å²) in [6.45, 7) is 0. The summed E-state index contributed by atoms with van der Waals surface area (Å²) in [7, 11) is 0. The molecule has 1 aliphatic rings. The maximum Gasteiger partial charge on any atom is 0.0981 e. The molecule has 0 aliphatic heterocycles. The Balaban J connectivity index is 1.97. The number of fused-ring (bicyclic) bond motifs is 3. The summed E-state index contributed by atoms with van der Waals surface area (Å²) in [5.74, 6) is 0. The van der Waals surface area contributed by atoms with E-state index in [9.17, 15) is 0 Å². The standard InChI is InChI=1S/C17H12O/c1-2-5-14-12(4-1)10-17-15(6-3-7-16(14)17)13-8-9-18-11-13/h1-9,11H,10H2. The summed E-state index contributed by atoms with van der Waals surface area (Å²) < 4.78 is 5.21. The van der Waals surface area contributed by atoms with E-state index in [1.165, 1.54) is 33.4 Å². The lowest BCUT2D eigenvalue weighted by atomic mass is 9.97. The smallest absolute Gasteiger partial charge is 0.0981 e. The van der Waals surface area contributed by atoms with Crippen LogP contribution < -0.4 is 0 Å². The summed E-state index contributed by atoms with van der Waals surface area (Å²) in [6, 6.07) is 17.2. The molecule has 0 fully saturated rings. The van der Waals surface area contributed by atoms with E-state index in [0.717, 1.165) is 6.42 Å². The number of benzene rings is 2. The Morgan fingerprint density at radius 1 is 0.778 bits per heavy atom. The molecule has 0 saturated heterocycles. The van der Waals surface area contributed by atoms with Gasteiger partial charge in [0.25, 0.3) is 0 Å². The minimum Gasteiger partial charge on any atom is -0.472 e. The van der Waals surface area contributed by atoms with Gasteiger partial charge >= 0.3 is 0 Å². The van der Waals surface area contributed by atoms with E-state index in [1.807, 2.05) is 12.3 Å². The third-order valence-electron chi connectivity index (χ3n) is 3.68. The van der Waals surface area contributed by atoms with Gasteiger partial charge in [0.2, 0.25) is 0 Å². The molecule has 0 unspecified atom stereocenters. The van der Waals surface area contributed by atoms with Gasteiger partial charge in [-0.1, -0.05) is 42.5 Å². The van der Waals surface area contributed by atoms with Crippen LogP contribution in [0.15, 0.2) is 65.5 Å². The third kappa shape index (κ3) is 1.28. The molecule has 1 aromatic heterocycles. The lowest BCUT2D eigenvalue weighted by Crippen LogP contribution is -1.85. The molecule has 4 rings (SSSR count). The summed E-state index contributed by atoms with van der Waals surface area (Å²) in [6.07, 6.45) is 4.57. The Labute approximate surface area is 106 Å².